The summed E-state index contributed by atoms with van der Waals surface area (Å²) in [4.78, 5) is 3.31. The van der Waals surface area contributed by atoms with Gasteiger partial charge in [0.15, 0.2) is 11.6 Å². The van der Waals surface area contributed by atoms with Crippen molar-refractivity contribution >= 4 is 0 Å². The number of hydrogen-bond donors (Lipinski definition) is 1. The average Bonchev–Trinajstić information content (AvgIpc) is 3.10. The molecule has 3 rings (SSSR count). The molecule has 2 atom stereocenters. The number of nitrogens with one attached hydrogen (secondary N) is 1. The van der Waals surface area contributed by atoms with Crippen molar-refractivity contribution in [3.8, 4) is 5.88 Å². The van der Waals surface area contributed by atoms with Crippen LogP contribution in [0.1, 0.15) is 23.7 Å². The second kappa shape index (κ2) is 6.58. The maximum absolute atomic E-state index is 14.2. The molecule has 1 N–H and O–H groups in total. The van der Waals surface area contributed by atoms with Crippen LogP contribution in [0, 0.1) is 30.4 Å². The molecule has 1 aliphatic rings. The molecule has 6 heteroatoms. The van der Waals surface area contributed by atoms with Gasteiger partial charge in [-0.25, -0.2) is 8.78 Å². The Labute approximate surface area is 132 Å². The van der Waals surface area contributed by atoms with E-state index < -0.39 is 35.1 Å². The zero-order valence-electron chi connectivity index (χ0n) is 12.7. The summed E-state index contributed by atoms with van der Waals surface area (Å²) in [5, 5.41) is 3.23. The fourth-order valence-corrected chi connectivity index (χ4v) is 2.81. The first-order valence-corrected chi connectivity index (χ1v) is 7.51. The van der Waals surface area contributed by atoms with Gasteiger partial charge in [0.2, 0.25) is 0 Å². The van der Waals surface area contributed by atoms with Crippen LogP contribution in [0.2, 0.25) is 0 Å². The molecular formula is C17H17F3N2O. The Morgan fingerprint density at radius 3 is 2.57 bits per heavy atom. The van der Waals surface area contributed by atoms with E-state index in [2.05, 4.69) is 10.3 Å². The second-order valence-corrected chi connectivity index (χ2v) is 5.66. The molecule has 3 nitrogen and oxygen atoms in total. The van der Waals surface area contributed by atoms with Crippen molar-refractivity contribution in [1.29, 1.82) is 0 Å². The number of pyridine rings is 1. The number of benzene rings is 1. The number of hydrogen-bond acceptors (Lipinski definition) is 3. The average molecular weight is 322 g/mol. The molecule has 0 radical (unpaired) electrons. The predicted octanol–water partition coefficient (Wildman–Crippen LogP) is 3.54. The lowest BCUT2D eigenvalue weighted by molar-refractivity contribution is 0.128. The molecule has 1 saturated heterocycles. The zero-order chi connectivity index (χ0) is 16.4. The van der Waals surface area contributed by atoms with E-state index >= 15 is 0 Å². The summed E-state index contributed by atoms with van der Waals surface area (Å²) in [5.74, 6) is -3.99. The van der Waals surface area contributed by atoms with Gasteiger partial charge in [-0.1, -0.05) is 30.3 Å². The Morgan fingerprint density at radius 2 is 1.91 bits per heavy atom. The summed E-state index contributed by atoms with van der Waals surface area (Å²) >= 11 is 0. The summed E-state index contributed by atoms with van der Waals surface area (Å²) in [7, 11) is 0. The van der Waals surface area contributed by atoms with Crippen molar-refractivity contribution in [3.63, 3.8) is 0 Å². The van der Waals surface area contributed by atoms with Gasteiger partial charge in [-0.3, -0.25) is 0 Å². The maximum atomic E-state index is 14.2. The Hall–Kier alpha value is -2.08. The van der Waals surface area contributed by atoms with Gasteiger partial charge in [-0.2, -0.15) is 9.37 Å². The van der Waals surface area contributed by atoms with Crippen molar-refractivity contribution in [2.24, 2.45) is 5.92 Å². The molecular weight excluding hydrogens is 305 g/mol. The van der Waals surface area contributed by atoms with E-state index in [9.17, 15) is 13.2 Å². The Kier molecular flexibility index (Phi) is 4.52. The summed E-state index contributed by atoms with van der Waals surface area (Å²) in [6, 6.07) is 9.32. The normalized spacial score (nSPS) is 18.9. The standard InChI is InChI=1S/C17H17F3N2O/c1-10-13(18)16(20)22-17(14(10)19)23-15(12-7-8-21-9-12)11-5-3-2-4-6-11/h2-6,12,15,21H,7-9H2,1H3/t12-,15-/m1/s1. The van der Waals surface area contributed by atoms with Crippen LogP contribution >= 0.6 is 0 Å². The third kappa shape index (κ3) is 3.17. The largest absolute Gasteiger partial charge is 0.467 e. The van der Waals surface area contributed by atoms with E-state index in [0.29, 0.717) is 6.54 Å². The topological polar surface area (TPSA) is 34.1 Å². The fraction of sp³-hybridized carbons (Fsp3) is 0.353. The summed E-state index contributed by atoms with van der Waals surface area (Å²) in [5.41, 5.74) is 0.425. The van der Waals surface area contributed by atoms with E-state index in [1.54, 1.807) is 0 Å². The fourth-order valence-electron chi connectivity index (χ4n) is 2.81. The van der Waals surface area contributed by atoms with Crippen molar-refractivity contribution < 1.29 is 17.9 Å². The van der Waals surface area contributed by atoms with Crippen LogP contribution in [0.4, 0.5) is 13.2 Å². The Balaban J connectivity index is 1.96. The second-order valence-electron chi connectivity index (χ2n) is 5.66. The first-order chi connectivity index (χ1) is 11.1. The van der Waals surface area contributed by atoms with E-state index in [-0.39, 0.29) is 5.92 Å². The highest BCUT2D eigenvalue weighted by molar-refractivity contribution is 5.27. The maximum Gasteiger partial charge on any atom is 0.254 e. The lowest BCUT2D eigenvalue weighted by Gasteiger charge is -2.24. The van der Waals surface area contributed by atoms with Gasteiger partial charge in [-0.05, 0) is 25.5 Å². The van der Waals surface area contributed by atoms with Gasteiger partial charge in [0.05, 0.1) is 0 Å². The van der Waals surface area contributed by atoms with Crippen molar-refractivity contribution in [2.75, 3.05) is 13.1 Å². The molecule has 0 aliphatic carbocycles. The first-order valence-electron chi connectivity index (χ1n) is 7.51. The van der Waals surface area contributed by atoms with Crippen LogP contribution in [0.25, 0.3) is 0 Å². The van der Waals surface area contributed by atoms with Gasteiger partial charge < -0.3 is 10.1 Å². The van der Waals surface area contributed by atoms with Crippen LogP contribution < -0.4 is 10.1 Å². The summed E-state index contributed by atoms with van der Waals surface area (Å²) in [6.45, 7) is 2.71. The van der Waals surface area contributed by atoms with Gasteiger partial charge in [-0.15, -0.1) is 0 Å². The minimum absolute atomic E-state index is 0.104. The third-order valence-corrected chi connectivity index (χ3v) is 4.12. The number of rotatable bonds is 4. The predicted molar refractivity (Wildman–Crippen MR) is 79.6 cm³/mol. The van der Waals surface area contributed by atoms with Gasteiger partial charge in [0.1, 0.15) is 6.10 Å². The molecule has 122 valence electrons. The quantitative estimate of drug-likeness (QED) is 0.874. The molecule has 1 aliphatic heterocycles. The molecule has 0 amide bonds. The lowest BCUT2D eigenvalue weighted by atomic mass is 9.95. The number of ether oxygens (including phenoxy) is 1. The summed E-state index contributed by atoms with van der Waals surface area (Å²) in [6.07, 6.45) is 0.376. The van der Waals surface area contributed by atoms with Crippen LogP contribution in [0.3, 0.4) is 0 Å². The van der Waals surface area contributed by atoms with Crippen molar-refractivity contribution in [1.82, 2.24) is 10.3 Å². The highest BCUT2D eigenvalue weighted by atomic mass is 19.2. The van der Waals surface area contributed by atoms with Gasteiger partial charge >= 0.3 is 0 Å². The van der Waals surface area contributed by atoms with Crippen molar-refractivity contribution in [3.05, 3.63) is 59.0 Å². The number of halogens is 3. The van der Waals surface area contributed by atoms with E-state index in [4.69, 9.17) is 4.74 Å². The molecule has 2 heterocycles. The van der Waals surface area contributed by atoms with Crippen LogP contribution in [0.15, 0.2) is 30.3 Å². The SMILES string of the molecule is Cc1c(F)c(F)nc(O[C@H](c2ccccc2)[C@@H]2CCNC2)c1F. The van der Waals surface area contributed by atoms with Crippen LogP contribution in [-0.4, -0.2) is 18.1 Å². The van der Waals surface area contributed by atoms with E-state index in [1.165, 1.54) is 0 Å². The van der Waals surface area contributed by atoms with E-state index in [1.807, 2.05) is 30.3 Å². The number of nitrogens with zero attached hydrogens (tertiary/aromatic N) is 1. The van der Waals surface area contributed by atoms with Crippen LogP contribution in [0.5, 0.6) is 5.88 Å². The minimum Gasteiger partial charge on any atom is -0.467 e. The van der Waals surface area contributed by atoms with Crippen LogP contribution in [-0.2, 0) is 0 Å². The van der Waals surface area contributed by atoms with Gasteiger partial charge in [0, 0.05) is 18.0 Å². The molecule has 0 spiro atoms. The Bertz CT molecular complexity index is 688. The third-order valence-electron chi connectivity index (χ3n) is 4.12. The molecule has 1 fully saturated rings. The molecule has 0 unspecified atom stereocenters. The number of aromatic nitrogens is 1. The molecule has 2 aromatic rings. The van der Waals surface area contributed by atoms with Gasteiger partial charge in [0.25, 0.3) is 11.8 Å². The molecule has 0 bridgehead atoms. The highest BCUT2D eigenvalue weighted by Crippen LogP contribution is 2.33. The Morgan fingerprint density at radius 1 is 1.17 bits per heavy atom. The summed E-state index contributed by atoms with van der Waals surface area (Å²) < 4.78 is 46.8. The lowest BCUT2D eigenvalue weighted by Crippen LogP contribution is -2.22. The first kappa shape index (κ1) is 15.8. The van der Waals surface area contributed by atoms with E-state index in [0.717, 1.165) is 25.5 Å². The van der Waals surface area contributed by atoms with Crippen molar-refractivity contribution in [2.45, 2.75) is 19.4 Å². The molecule has 1 aromatic carbocycles. The zero-order valence-corrected chi connectivity index (χ0v) is 12.7. The molecule has 23 heavy (non-hydrogen) atoms. The minimum atomic E-state index is -1.35. The highest BCUT2D eigenvalue weighted by Gasteiger charge is 2.30. The smallest absolute Gasteiger partial charge is 0.254 e. The molecule has 0 saturated carbocycles. The monoisotopic (exact) mass is 322 g/mol. The molecule has 1 aromatic heterocycles.